The van der Waals surface area contributed by atoms with Crippen LogP contribution >= 0.6 is 0 Å². The predicted molar refractivity (Wildman–Crippen MR) is 78.2 cm³/mol. The molecular weight excluding hydrogens is 269 g/mol. The Hall–Kier alpha value is -0.800. The molecule has 2 rings (SSSR count). The molecule has 0 aliphatic rings. The number of rotatable bonds is 2. The average molecular weight is 287 g/mol. The van der Waals surface area contributed by atoms with Crippen LogP contribution in [0, 0.1) is 0 Å². The second-order valence-electron chi connectivity index (χ2n) is 3.54. The van der Waals surface area contributed by atoms with Gasteiger partial charge in [-0.1, -0.05) is 13.1 Å². The van der Waals surface area contributed by atoms with Crippen molar-refractivity contribution in [2.45, 2.75) is 13.1 Å². The molecule has 0 aliphatic heterocycles. The summed E-state index contributed by atoms with van der Waals surface area (Å²) in [5, 5.41) is 0. The predicted octanol–water partition coefficient (Wildman–Crippen LogP) is 1.59. The molecule has 0 saturated heterocycles. The van der Waals surface area contributed by atoms with Gasteiger partial charge < -0.3 is 0 Å². The van der Waals surface area contributed by atoms with Crippen molar-refractivity contribution in [2.75, 3.05) is 0 Å². The fourth-order valence-corrected chi connectivity index (χ4v) is 3.84. The van der Waals surface area contributed by atoms with Crippen molar-refractivity contribution in [1.82, 2.24) is 0 Å². The molecule has 2 aromatic rings. The summed E-state index contributed by atoms with van der Waals surface area (Å²) in [5.74, 6) is 0. The van der Waals surface area contributed by atoms with Crippen molar-refractivity contribution in [1.29, 1.82) is 0 Å². The first-order valence-corrected chi connectivity index (χ1v) is 10.3. The van der Waals surface area contributed by atoms with Gasteiger partial charge in [-0.15, -0.1) is 0 Å². The van der Waals surface area contributed by atoms with E-state index in [9.17, 15) is 0 Å². The average Bonchev–Trinajstić information content (AvgIpc) is 2.33. The Morgan fingerprint density at radius 3 is 1.31 bits per heavy atom. The number of hydrogen-bond acceptors (Lipinski definition) is 0. The second-order valence-corrected chi connectivity index (χ2v) is 8.10. The van der Waals surface area contributed by atoms with Crippen LogP contribution in [0.4, 0.5) is 0 Å². The molecule has 2 aromatic carbocycles. The van der Waals surface area contributed by atoms with Crippen molar-refractivity contribution in [3.8, 4) is 0 Å². The third-order valence-electron chi connectivity index (χ3n) is 1.93. The molecule has 0 aliphatic carbocycles. The first kappa shape index (κ1) is 13.3. The summed E-state index contributed by atoms with van der Waals surface area (Å²) in [6.07, 6.45) is 0. The maximum absolute atomic E-state index is 2.23. The molecule has 0 fully saturated rings. The van der Waals surface area contributed by atoms with Gasteiger partial charge in [0.1, 0.15) is 0 Å². The number of benzene rings is 2. The molecule has 2 heteroatoms. The summed E-state index contributed by atoms with van der Waals surface area (Å²) in [5.41, 5.74) is 0. The van der Waals surface area contributed by atoms with Gasteiger partial charge in [-0.25, -0.2) is 0 Å². The van der Waals surface area contributed by atoms with E-state index in [0.29, 0.717) is 0 Å². The minimum absolute atomic E-state index is 0.392. The zero-order valence-corrected chi connectivity index (χ0v) is 13.5. The topological polar surface area (TPSA) is 0 Å². The van der Waals surface area contributed by atoms with E-state index in [0.717, 1.165) is 9.52 Å². The molecule has 0 heterocycles. The Balaban J connectivity index is 0.000000386. The van der Waals surface area contributed by atoms with Gasteiger partial charge in [-0.3, -0.25) is 0 Å². The van der Waals surface area contributed by atoms with Crippen LogP contribution in [0.5, 0.6) is 0 Å². The van der Waals surface area contributed by atoms with Crippen LogP contribution in [0.2, 0.25) is 13.1 Å². The molecule has 82 valence electrons. The molecule has 0 amide bonds. The molecule has 16 heavy (non-hydrogen) atoms. The van der Waals surface area contributed by atoms with E-state index >= 15 is 0 Å². The fraction of sp³-hybridized carbons (Fsp3) is 0.143. The Kier molecular flexibility index (Phi) is 6.93. The van der Waals surface area contributed by atoms with Crippen molar-refractivity contribution < 1.29 is 0 Å². The second kappa shape index (κ2) is 8.36. The van der Waals surface area contributed by atoms with Gasteiger partial charge in [-0.05, 0) is 0 Å². The van der Waals surface area contributed by atoms with E-state index in [2.05, 4.69) is 73.8 Å². The Bertz CT molecular complexity index is 335. The van der Waals surface area contributed by atoms with Crippen molar-refractivity contribution >= 4 is 33.7 Å². The Morgan fingerprint density at radius 1 is 0.688 bits per heavy atom. The van der Waals surface area contributed by atoms with Crippen LogP contribution in [0.25, 0.3) is 0 Å². The van der Waals surface area contributed by atoms with Crippen LogP contribution in [0.15, 0.2) is 60.7 Å². The summed E-state index contributed by atoms with van der Waals surface area (Å²) in [4.78, 5) is 0. The molecule has 0 saturated carbocycles. The summed E-state index contributed by atoms with van der Waals surface area (Å²) < 4.78 is 3.05. The standard InChI is InChI=1S/C12H11Ge.C2H7Si/c1-3-7-11(8-4-1)13-12-9-5-2-6-10-12;1-3-2/h1-10,13H;3H,1-2H3. The summed E-state index contributed by atoms with van der Waals surface area (Å²) in [6, 6.07) is 21.5. The molecule has 0 nitrogen and oxygen atoms in total. The minimum atomic E-state index is -0.392. The molecule has 0 unspecified atom stereocenters. The van der Waals surface area contributed by atoms with Crippen LogP contribution in [-0.4, -0.2) is 25.0 Å². The Labute approximate surface area is 107 Å². The van der Waals surface area contributed by atoms with E-state index in [1.54, 1.807) is 0 Å². The van der Waals surface area contributed by atoms with Gasteiger partial charge in [0.15, 0.2) is 0 Å². The van der Waals surface area contributed by atoms with Gasteiger partial charge in [0.25, 0.3) is 0 Å². The molecule has 0 aromatic heterocycles. The summed E-state index contributed by atoms with van der Waals surface area (Å²) in [6.45, 7) is 4.42. The van der Waals surface area contributed by atoms with Crippen molar-refractivity contribution in [2.24, 2.45) is 0 Å². The summed E-state index contributed by atoms with van der Waals surface area (Å²) >= 11 is -0.392. The van der Waals surface area contributed by atoms with Crippen molar-refractivity contribution in [3.05, 3.63) is 60.7 Å². The number of hydrogen-bond donors (Lipinski definition) is 0. The van der Waals surface area contributed by atoms with E-state index < -0.39 is 15.4 Å². The third kappa shape index (κ3) is 5.33. The molecule has 0 spiro atoms. The third-order valence-corrected chi connectivity index (χ3v) is 4.95. The normalized spacial score (nSPS) is 9.12. The molecule has 2 radical (unpaired) electrons. The zero-order chi connectivity index (χ0) is 11.6. The van der Waals surface area contributed by atoms with Gasteiger partial charge in [0.05, 0.1) is 0 Å². The molecule has 0 N–H and O–H groups in total. The van der Waals surface area contributed by atoms with Crippen LogP contribution in [-0.2, 0) is 0 Å². The molecular formula is C14H18GeSi. The van der Waals surface area contributed by atoms with E-state index in [-0.39, 0.29) is 0 Å². The quantitative estimate of drug-likeness (QED) is 0.736. The fourth-order valence-electron chi connectivity index (χ4n) is 1.29. The SMILES string of the molecule is C[SiH]C.c1cc[c]([GeH][c]2ccccc2)cc1. The zero-order valence-electron chi connectivity index (χ0n) is 9.93. The van der Waals surface area contributed by atoms with Crippen LogP contribution in [0.1, 0.15) is 0 Å². The van der Waals surface area contributed by atoms with Gasteiger partial charge in [0.2, 0.25) is 0 Å². The van der Waals surface area contributed by atoms with Crippen LogP contribution < -0.4 is 8.79 Å². The first-order chi connectivity index (χ1) is 7.86. The summed E-state index contributed by atoms with van der Waals surface area (Å²) in [7, 11) is 0.750. The molecule has 0 atom stereocenters. The molecule has 0 bridgehead atoms. The van der Waals surface area contributed by atoms with Crippen LogP contribution in [0.3, 0.4) is 0 Å². The van der Waals surface area contributed by atoms with E-state index in [1.807, 2.05) is 0 Å². The monoisotopic (exact) mass is 288 g/mol. The van der Waals surface area contributed by atoms with Gasteiger partial charge >= 0.3 is 84.9 Å². The van der Waals surface area contributed by atoms with E-state index in [4.69, 9.17) is 0 Å². The van der Waals surface area contributed by atoms with Gasteiger partial charge in [0, 0.05) is 9.52 Å². The van der Waals surface area contributed by atoms with Gasteiger partial charge in [-0.2, -0.15) is 0 Å². The van der Waals surface area contributed by atoms with E-state index in [1.165, 1.54) is 8.79 Å². The Morgan fingerprint density at radius 2 is 1.00 bits per heavy atom. The first-order valence-electron chi connectivity index (χ1n) is 5.55. The maximum atomic E-state index is 2.23. The van der Waals surface area contributed by atoms with Crippen molar-refractivity contribution in [3.63, 3.8) is 0 Å².